The summed E-state index contributed by atoms with van der Waals surface area (Å²) in [7, 11) is 1.85. The first-order valence-corrected chi connectivity index (χ1v) is 10.0. The van der Waals surface area contributed by atoms with Crippen molar-refractivity contribution in [3.8, 4) is 23.0 Å². The molecular weight excluding hydrogens is 382 g/mol. The molecule has 0 bridgehead atoms. The summed E-state index contributed by atoms with van der Waals surface area (Å²) in [5.41, 5.74) is 2.57. The number of rotatable bonds is 5. The molecule has 1 N–H and O–H groups in total. The summed E-state index contributed by atoms with van der Waals surface area (Å²) < 4.78 is 13.5. The molecule has 1 aliphatic heterocycles. The second kappa shape index (κ2) is 6.83. The van der Waals surface area contributed by atoms with Crippen molar-refractivity contribution in [2.45, 2.75) is 44.8 Å². The van der Waals surface area contributed by atoms with Crippen LogP contribution in [0.2, 0.25) is 0 Å². The highest BCUT2D eigenvalue weighted by Crippen LogP contribution is 2.38. The zero-order valence-electron chi connectivity index (χ0n) is 17.2. The van der Waals surface area contributed by atoms with E-state index in [2.05, 4.69) is 20.4 Å². The second-order valence-electron chi connectivity index (χ2n) is 8.43. The molecule has 3 aromatic rings. The fraction of sp³-hybridized carbons (Fsp3) is 0.364. The van der Waals surface area contributed by atoms with Crippen molar-refractivity contribution in [2.24, 2.45) is 7.05 Å². The van der Waals surface area contributed by atoms with E-state index in [0.29, 0.717) is 29.6 Å². The Balaban J connectivity index is 1.43. The van der Waals surface area contributed by atoms with Crippen LogP contribution in [0.3, 0.4) is 0 Å². The minimum atomic E-state index is -0.346. The molecule has 1 aliphatic carbocycles. The van der Waals surface area contributed by atoms with E-state index < -0.39 is 0 Å². The lowest BCUT2D eigenvalue weighted by atomic mass is 10.0. The third-order valence-electron chi connectivity index (χ3n) is 5.05. The van der Waals surface area contributed by atoms with Crippen LogP contribution in [0.1, 0.15) is 42.6 Å². The summed E-state index contributed by atoms with van der Waals surface area (Å²) in [6, 6.07) is 7.32. The summed E-state index contributed by atoms with van der Waals surface area (Å²) in [6.07, 6.45) is 6.36. The number of hydrogen-bond donors (Lipinski definition) is 1. The molecule has 4 heterocycles. The third-order valence-corrected chi connectivity index (χ3v) is 5.05. The number of aryl methyl sites for hydroxylation is 1. The lowest BCUT2D eigenvalue weighted by Crippen LogP contribution is -2.24. The number of carbonyl (C=O) groups is 1. The summed E-state index contributed by atoms with van der Waals surface area (Å²) in [6.45, 7) is 4.01. The van der Waals surface area contributed by atoms with Gasteiger partial charge in [-0.05, 0) is 44.9 Å². The third kappa shape index (κ3) is 3.72. The Hall–Kier alpha value is -3.42. The van der Waals surface area contributed by atoms with E-state index in [-0.39, 0.29) is 17.6 Å². The van der Waals surface area contributed by atoms with Gasteiger partial charge in [0.25, 0.3) is 5.91 Å². The summed E-state index contributed by atoms with van der Waals surface area (Å²) >= 11 is 0. The van der Waals surface area contributed by atoms with Gasteiger partial charge in [-0.1, -0.05) is 6.07 Å². The number of aromatic nitrogens is 4. The minimum absolute atomic E-state index is 0.114. The Bertz CT molecular complexity index is 1130. The molecule has 0 atom stereocenters. The van der Waals surface area contributed by atoms with Gasteiger partial charge in [0, 0.05) is 30.8 Å². The average Bonchev–Trinajstić information content (AvgIpc) is 3.30. The molecule has 0 radical (unpaired) electrons. The SMILES string of the molecule is Cn1cc(-c2cccc(NC(=O)c3cc4c(nc3OC3CC3)OC(C)(C)C4)n2)cn1. The number of pyridine rings is 2. The van der Waals surface area contributed by atoms with E-state index in [0.717, 1.165) is 29.7 Å². The standard InChI is InChI=1S/C22H23N5O3/c1-22(2)10-13-9-16(21(26-20(13)30-22)29-15-7-8-15)19(28)25-18-6-4-5-17(24-18)14-11-23-27(3)12-14/h4-6,9,11-12,15H,7-8,10H2,1-3H3,(H,24,25,28). The van der Waals surface area contributed by atoms with E-state index in [9.17, 15) is 4.79 Å². The lowest BCUT2D eigenvalue weighted by molar-refractivity contribution is 0.102. The van der Waals surface area contributed by atoms with E-state index in [1.54, 1.807) is 16.9 Å². The van der Waals surface area contributed by atoms with Crippen LogP contribution in [0, 0.1) is 0 Å². The van der Waals surface area contributed by atoms with Crippen LogP contribution >= 0.6 is 0 Å². The molecule has 8 heteroatoms. The van der Waals surface area contributed by atoms with Crippen LogP contribution in [0.4, 0.5) is 5.82 Å². The fourth-order valence-corrected chi connectivity index (χ4v) is 3.49. The van der Waals surface area contributed by atoms with E-state index in [1.165, 1.54) is 0 Å². The summed E-state index contributed by atoms with van der Waals surface area (Å²) in [5.74, 6) is 1.01. The molecule has 0 aromatic carbocycles. The quantitative estimate of drug-likeness (QED) is 0.700. The lowest BCUT2D eigenvalue weighted by Gasteiger charge is -2.16. The molecule has 5 rings (SSSR count). The predicted octanol–water partition coefficient (Wildman–Crippen LogP) is 3.38. The number of anilines is 1. The maximum absolute atomic E-state index is 13.1. The number of ether oxygens (including phenoxy) is 2. The second-order valence-corrected chi connectivity index (χ2v) is 8.43. The molecule has 8 nitrogen and oxygen atoms in total. The van der Waals surface area contributed by atoms with Crippen molar-refractivity contribution >= 4 is 11.7 Å². The molecule has 0 saturated heterocycles. The van der Waals surface area contributed by atoms with Gasteiger partial charge in [0.1, 0.15) is 23.1 Å². The first-order chi connectivity index (χ1) is 14.4. The summed E-state index contributed by atoms with van der Waals surface area (Å²) in [5, 5.41) is 7.06. The molecule has 30 heavy (non-hydrogen) atoms. The summed E-state index contributed by atoms with van der Waals surface area (Å²) in [4.78, 5) is 22.2. The van der Waals surface area contributed by atoms with Gasteiger partial charge < -0.3 is 14.8 Å². The van der Waals surface area contributed by atoms with Gasteiger partial charge >= 0.3 is 0 Å². The Morgan fingerprint density at radius 3 is 2.87 bits per heavy atom. The molecule has 154 valence electrons. The Labute approximate surface area is 174 Å². The average molecular weight is 405 g/mol. The Kier molecular flexibility index (Phi) is 4.23. The predicted molar refractivity (Wildman–Crippen MR) is 111 cm³/mol. The number of amides is 1. The van der Waals surface area contributed by atoms with E-state index in [4.69, 9.17) is 9.47 Å². The van der Waals surface area contributed by atoms with Crippen molar-refractivity contribution in [3.63, 3.8) is 0 Å². The number of fused-ring (bicyclic) bond motifs is 1. The number of nitrogens with zero attached hydrogens (tertiary/aromatic N) is 4. The molecule has 1 amide bonds. The first kappa shape index (κ1) is 18.6. The highest BCUT2D eigenvalue weighted by atomic mass is 16.5. The van der Waals surface area contributed by atoms with Gasteiger partial charge in [0.15, 0.2) is 0 Å². The monoisotopic (exact) mass is 405 g/mol. The van der Waals surface area contributed by atoms with Gasteiger partial charge in [-0.2, -0.15) is 10.1 Å². The number of hydrogen-bond acceptors (Lipinski definition) is 6. The van der Waals surface area contributed by atoms with Gasteiger partial charge in [-0.3, -0.25) is 9.48 Å². The van der Waals surface area contributed by atoms with Crippen LogP contribution < -0.4 is 14.8 Å². The first-order valence-electron chi connectivity index (χ1n) is 10.0. The smallest absolute Gasteiger partial charge is 0.262 e. The van der Waals surface area contributed by atoms with Crippen molar-refractivity contribution in [3.05, 3.63) is 47.8 Å². The maximum Gasteiger partial charge on any atom is 0.262 e. The van der Waals surface area contributed by atoms with Gasteiger partial charge in [-0.25, -0.2) is 4.98 Å². The van der Waals surface area contributed by atoms with E-state index >= 15 is 0 Å². The normalized spacial score (nSPS) is 16.6. The largest absolute Gasteiger partial charge is 0.474 e. The van der Waals surface area contributed by atoms with Crippen LogP contribution in [-0.2, 0) is 13.5 Å². The van der Waals surface area contributed by atoms with Gasteiger partial charge in [-0.15, -0.1) is 0 Å². The Morgan fingerprint density at radius 1 is 1.30 bits per heavy atom. The van der Waals surface area contributed by atoms with E-state index in [1.807, 2.05) is 45.3 Å². The van der Waals surface area contributed by atoms with Gasteiger partial charge in [0.05, 0.1) is 11.9 Å². The highest BCUT2D eigenvalue weighted by Gasteiger charge is 2.35. The highest BCUT2D eigenvalue weighted by molar-refractivity contribution is 6.05. The maximum atomic E-state index is 13.1. The zero-order chi connectivity index (χ0) is 20.9. The topological polar surface area (TPSA) is 91.2 Å². The van der Waals surface area contributed by atoms with Crippen molar-refractivity contribution < 1.29 is 14.3 Å². The van der Waals surface area contributed by atoms with Crippen LogP contribution in [-0.4, -0.2) is 37.4 Å². The molecule has 0 unspecified atom stereocenters. The fourth-order valence-electron chi connectivity index (χ4n) is 3.49. The van der Waals surface area contributed by atoms with Crippen molar-refractivity contribution in [2.75, 3.05) is 5.32 Å². The zero-order valence-corrected chi connectivity index (χ0v) is 17.2. The molecule has 2 aliphatic rings. The van der Waals surface area contributed by atoms with Crippen molar-refractivity contribution in [1.29, 1.82) is 0 Å². The minimum Gasteiger partial charge on any atom is -0.474 e. The Morgan fingerprint density at radius 2 is 2.13 bits per heavy atom. The molecule has 1 fully saturated rings. The molecule has 3 aromatic heterocycles. The van der Waals surface area contributed by atoms with Crippen LogP contribution in [0.5, 0.6) is 11.8 Å². The molecular formula is C22H23N5O3. The molecule has 0 spiro atoms. The number of nitrogens with one attached hydrogen (secondary N) is 1. The van der Waals surface area contributed by atoms with Crippen LogP contribution in [0.25, 0.3) is 11.3 Å². The van der Waals surface area contributed by atoms with Gasteiger partial charge in [0.2, 0.25) is 11.8 Å². The van der Waals surface area contributed by atoms with Crippen LogP contribution in [0.15, 0.2) is 36.7 Å². The number of carbonyl (C=O) groups excluding carboxylic acids is 1. The van der Waals surface area contributed by atoms with Crippen molar-refractivity contribution in [1.82, 2.24) is 19.7 Å². The molecule has 1 saturated carbocycles.